The van der Waals surface area contributed by atoms with Crippen LogP contribution in [0.25, 0.3) is 21.9 Å². The van der Waals surface area contributed by atoms with Crippen LogP contribution in [-0.4, -0.2) is 17.6 Å². The van der Waals surface area contributed by atoms with E-state index in [1.807, 2.05) is 30.3 Å². The van der Waals surface area contributed by atoms with Crippen LogP contribution in [0.2, 0.25) is 0 Å². The van der Waals surface area contributed by atoms with Crippen molar-refractivity contribution in [1.29, 1.82) is 0 Å². The molecule has 0 amide bonds. The number of carbonyl (C=O) groups is 1. The van der Waals surface area contributed by atoms with Crippen LogP contribution in [0.15, 0.2) is 53.3 Å². The standard InChI is InChI=1S/C22H24N2O3/c1-14(2)13-24-19(12-23)20(15-7-5-4-6-8-15)18-11-16(22(26)27-3)9-10-17(18)21(24)25/h4-11,14H,12-13,23H2,1-3H3. The van der Waals surface area contributed by atoms with Gasteiger partial charge in [0.15, 0.2) is 0 Å². The van der Waals surface area contributed by atoms with E-state index in [2.05, 4.69) is 13.8 Å². The second-order valence-corrected chi connectivity index (χ2v) is 6.95. The van der Waals surface area contributed by atoms with E-state index >= 15 is 0 Å². The fraction of sp³-hybridized carbons (Fsp3) is 0.273. The number of benzene rings is 2. The third-order valence-corrected chi connectivity index (χ3v) is 4.60. The summed E-state index contributed by atoms with van der Waals surface area (Å²) in [5, 5.41) is 1.29. The molecule has 5 heteroatoms. The van der Waals surface area contributed by atoms with Crippen LogP contribution in [0.1, 0.15) is 29.9 Å². The number of carbonyl (C=O) groups excluding carboxylic acids is 1. The minimum absolute atomic E-state index is 0.0877. The highest BCUT2D eigenvalue weighted by molar-refractivity contribution is 6.02. The number of pyridine rings is 1. The maximum absolute atomic E-state index is 13.2. The first-order chi connectivity index (χ1) is 13.0. The van der Waals surface area contributed by atoms with Gasteiger partial charge >= 0.3 is 5.97 Å². The molecule has 0 fully saturated rings. The Balaban J connectivity index is 2.46. The molecule has 0 atom stereocenters. The molecule has 1 aromatic heterocycles. The molecule has 0 aliphatic rings. The van der Waals surface area contributed by atoms with Gasteiger partial charge in [0, 0.05) is 29.7 Å². The fourth-order valence-electron chi connectivity index (χ4n) is 3.44. The molecule has 0 saturated carbocycles. The highest BCUT2D eigenvalue weighted by atomic mass is 16.5. The maximum atomic E-state index is 13.2. The summed E-state index contributed by atoms with van der Waals surface area (Å²) < 4.78 is 6.62. The quantitative estimate of drug-likeness (QED) is 0.703. The summed E-state index contributed by atoms with van der Waals surface area (Å²) in [6, 6.07) is 14.9. The van der Waals surface area contributed by atoms with Crippen molar-refractivity contribution in [3.05, 3.63) is 70.1 Å². The molecular formula is C22H24N2O3. The average molecular weight is 364 g/mol. The van der Waals surface area contributed by atoms with Crippen LogP contribution in [0.4, 0.5) is 0 Å². The Morgan fingerprint density at radius 2 is 1.81 bits per heavy atom. The lowest BCUT2D eigenvalue weighted by Gasteiger charge is -2.21. The van der Waals surface area contributed by atoms with E-state index in [4.69, 9.17) is 10.5 Å². The first kappa shape index (κ1) is 18.9. The van der Waals surface area contributed by atoms with E-state index < -0.39 is 5.97 Å². The van der Waals surface area contributed by atoms with Gasteiger partial charge in [0.05, 0.1) is 12.7 Å². The number of fused-ring (bicyclic) bond motifs is 1. The fourth-order valence-corrected chi connectivity index (χ4v) is 3.44. The Morgan fingerprint density at radius 1 is 1.11 bits per heavy atom. The molecule has 0 unspecified atom stereocenters. The van der Waals surface area contributed by atoms with Crippen molar-refractivity contribution in [3.8, 4) is 11.1 Å². The van der Waals surface area contributed by atoms with Crippen LogP contribution < -0.4 is 11.3 Å². The predicted molar refractivity (Wildman–Crippen MR) is 108 cm³/mol. The van der Waals surface area contributed by atoms with Gasteiger partial charge in [0.25, 0.3) is 5.56 Å². The van der Waals surface area contributed by atoms with Gasteiger partial charge in [-0.05, 0) is 35.1 Å². The number of rotatable bonds is 5. The van der Waals surface area contributed by atoms with Crippen LogP contribution in [0.5, 0.6) is 0 Å². The number of ether oxygens (including phenoxy) is 1. The summed E-state index contributed by atoms with van der Waals surface area (Å²) >= 11 is 0. The summed E-state index contributed by atoms with van der Waals surface area (Å²) in [5.41, 5.74) is 9.04. The molecule has 0 aliphatic carbocycles. The smallest absolute Gasteiger partial charge is 0.337 e. The van der Waals surface area contributed by atoms with Crippen LogP contribution >= 0.6 is 0 Å². The molecule has 27 heavy (non-hydrogen) atoms. The van der Waals surface area contributed by atoms with E-state index in [1.165, 1.54) is 7.11 Å². The summed E-state index contributed by atoms with van der Waals surface area (Å²) in [6.45, 7) is 4.95. The number of nitrogens with zero attached hydrogens (tertiary/aromatic N) is 1. The molecule has 0 spiro atoms. The van der Waals surface area contributed by atoms with Gasteiger partial charge in [-0.25, -0.2) is 4.79 Å². The Kier molecular flexibility index (Phi) is 5.42. The number of methoxy groups -OCH3 is 1. The van der Waals surface area contributed by atoms with Gasteiger partial charge in [0.2, 0.25) is 0 Å². The molecule has 3 rings (SSSR count). The van der Waals surface area contributed by atoms with Crippen molar-refractivity contribution in [2.75, 3.05) is 7.11 Å². The second-order valence-electron chi connectivity index (χ2n) is 6.95. The third kappa shape index (κ3) is 3.51. The van der Waals surface area contributed by atoms with Crippen molar-refractivity contribution >= 4 is 16.7 Å². The normalized spacial score (nSPS) is 11.1. The van der Waals surface area contributed by atoms with E-state index in [0.717, 1.165) is 22.2 Å². The molecule has 0 aliphatic heterocycles. The largest absolute Gasteiger partial charge is 0.465 e. The summed E-state index contributed by atoms with van der Waals surface area (Å²) in [4.78, 5) is 25.2. The molecule has 0 bridgehead atoms. The highest BCUT2D eigenvalue weighted by Crippen LogP contribution is 2.31. The zero-order valence-corrected chi connectivity index (χ0v) is 15.9. The molecule has 2 aromatic carbocycles. The van der Waals surface area contributed by atoms with Gasteiger partial charge in [-0.15, -0.1) is 0 Å². The molecule has 140 valence electrons. The Hall–Kier alpha value is -2.92. The Labute approximate surface area is 158 Å². The molecule has 0 radical (unpaired) electrons. The van der Waals surface area contributed by atoms with Gasteiger partial charge in [-0.1, -0.05) is 44.2 Å². The summed E-state index contributed by atoms with van der Waals surface area (Å²) in [5.74, 6) is -0.139. The predicted octanol–water partition coefficient (Wildman–Crippen LogP) is 3.57. The Bertz CT molecular complexity index is 1040. The lowest BCUT2D eigenvalue weighted by Crippen LogP contribution is -2.28. The maximum Gasteiger partial charge on any atom is 0.337 e. The van der Waals surface area contributed by atoms with Crippen molar-refractivity contribution in [3.63, 3.8) is 0 Å². The van der Waals surface area contributed by atoms with Crippen molar-refractivity contribution in [2.24, 2.45) is 11.7 Å². The van der Waals surface area contributed by atoms with Crippen LogP contribution in [0, 0.1) is 5.92 Å². The number of aromatic nitrogens is 1. The molecule has 0 saturated heterocycles. The van der Waals surface area contributed by atoms with E-state index in [-0.39, 0.29) is 12.1 Å². The van der Waals surface area contributed by atoms with Gasteiger partial charge in [-0.2, -0.15) is 0 Å². The van der Waals surface area contributed by atoms with E-state index in [1.54, 1.807) is 22.8 Å². The molecule has 2 N–H and O–H groups in total. The highest BCUT2D eigenvalue weighted by Gasteiger charge is 2.19. The van der Waals surface area contributed by atoms with Crippen LogP contribution in [-0.2, 0) is 17.8 Å². The van der Waals surface area contributed by atoms with Crippen molar-refractivity contribution < 1.29 is 9.53 Å². The lowest BCUT2D eigenvalue weighted by atomic mass is 9.95. The lowest BCUT2D eigenvalue weighted by molar-refractivity contribution is 0.0601. The zero-order valence-electron chi connectivity index (χ0n) is 15.9. The van der Waals surface area contributed by atoms with E-state index in [0.29, 0.717) is 23.4 Å². The van der Waals surface area contributed by atoms with E-state index in [9.17, 15) is 9.59 Å². The minimum atomic E-state index is -0.434. The summed E-state index contributed by atoms with van der Waals surface area (Å²) in [7, 11) is 1.34. The average Bonchev–Trinajstić information content (AvgIpc) is 2.69. The topological polar surface area (TPSA) is 74.3 Å². The van der Waals surface area contributed by atoms with Gasteiger partial charge in [0.1, 0.15) is 0 Å². The first-order valence-electron chi connectivity index (χ1n) is 9.01. The SMILES string of the molecule is COC(=O)c1ccc2c(=O)n(CC(C)C)c(CN)c(-c3ccccc3)c2c1. The molecule has 5 nitrogen and oxygen atoms in total. The first-order valence-corrected chi connectivity index (χ1v) is 9.01. The van der Waals surface area contributed by atoms with Gasteiger partial charge in [-0.3, -0.25) is 4.79 Å². The monoisotopic (exact) mass is 364 g/mol. The third-order valence-electron chi connectivity index (χ3n) is 4.60. The Morgan fingerprint density at radius 3 is 2.41 bits per heavy atom. The van der Waals surface area contributed by atoms with Crippen molar-refractivity contribution in [1.82, 2.24) is 4.57 Å². The van der Waals surface area contributed by atoms with Crippen molar-refractivity contribution in [2.45, 2.75) is 26.9 Å². The number of hydrogen-bond acceptors (Lipinski definition) is 4. The number of esters is 1. The second kappa shape index (κ2) is 7.76. The minimum Gasteiger partial charge on any atom is -0.465 e. The number of nitrogens with two attached hydrogens (primary N) is 1. The summed E-state index contributed by atoms with van der Waals surface area (Å²) in [6.07, 6.45) is 0. The molecular weight excluding hydrogens is 340 g/mol. The zero-order chi connectivity index (χ0) is 19.6. The van der Waals surface area contributed by atoms with Crippen LogP contribution in [0.3, 0.4) is 0 Å². The molecule has 3 aromatic rings. The van der Waals surface area contributed by atoms with Gasteiger partial charge < -0.3 is 15.0 Å². The molecule has 1 heterocycles. The number of hydrogen-bond donors (Lipinski definition) is 1.